The molecule has 2 aliphatic rings. The van der Waals surface area contributed by atoms with Crippen molar-refractivity contribution in [2.45, 2.75) is 0 Å². The van der Waals surface area contributed by atoms with Gasteiger partial charge in [0.05, 0.1) is 34.2 Å². The molecule has 2 aliphatic heterocycles. The summed E-state index contributed by atoms with van der Waals surface area (Å²) >= 11 is 0. The van der Waals surface area contributed by atoms with E-state index in [1.807, 2.05) is 121 Å². The summed E-state index contributed by atoms with van der Waals surface area (Å²) in [6, 6.07) is 43.6. The lowest BCUT2D eigenvalue weighted by Crippen LogP contribution is -1.99. The molecular formula is C44H30N4O2. The van der Waals surface area contributed by atoms with E-state index in [2.05, 4.69) is 46.4 Å². The van der Waals surface area contributed by atoms with E-state index in [0.29, 0.717) is 22.5 Å². The van der Waals surface area contributed by atoms with Gasteiger partial charge in [0, 0.05) is 33.3 Å². The van der Waals surface area contributed by atoms with E-state index in [1.165, 1.54) is 0 Å². The van der Waals surface area contributed by atoms with E-state index in [-0.39, 0.29) is 11.4 Å². The number of fused-ring (bicyclic) bond motifs is 6. The number of hydrogen-bond donors (Lipinski definition) is 2. The highest BCUT2D eigenvalue weighted by molar-refractivity contribution is 5.99. The third-order valence-corrected chi connectivity index (χ3v) is 8.82. The minimum atomic E-state index is 0.204. The second kappa shape index (κ2) is 13.3. The first-order valence-electron chi connectivity index (χ1n) is 16.3. The van der Waals surface area contributed by atoms with E-state index in [1.54, 1.807) is 0 Å². The molecule has 0 unspecified atom stereocenters. The van der Waals surface area contributed by atoms with Crippen LogP contribution in [0.15, 0.2) is 133 Å². The van der Waals surface area contributed by atoms with Crippen LogP contribution in [0.1, 0.15) is 43.8 Å². The van der Waals surface area contributed by atoms with Gasteiger partial charge in [0.1, 0.15) is 0 Å². The summed E-state index contributed by atoms with van der Waals surface area (Å²) in [6.07, 6.45) is 9.27. The van der Waals surface area contributed by atoms with Gasteiger partial charge in [-0.3, -0.25) is 9.59 Å². The van der Waals surface area contributed by atoms with Gasteiger partial charge in [-0.15, -0.1) is 0 Å². The van der Waals surface area contributed by atoms with E-state index >= 15 is 0 Å². The molecule has 0 saturated heterocycles. The number of carbonyl (C=O) groups excluding carboxylic acids is 2. The quantitative estimate of drug-likeness (QED) is 0.176. The molecule has 6 nitrogen and oxygen atoms in total. The van der Waals surface area contributed by atoms with Crippen molar-refractivity contribution in [1.82, 2.24) is 19.9 Å². The minimum Gasteiger partial charge on any atom is -0.354 e. The zero-order valence-corrected chi connectivity index (χ0v) is 26.9. The summed E-state index contributed by atoms with van der Waals surface area (Å²) < 4.78 is 0. The zero-order valence-electron chi connectivity index (χ0n) is 26.9. The molecule has 6 bridgehead atoms. The van der Waals surface area contributed by atoms with Crippen LogP contribution in [0.4, 0.5) is 0 Å². The number of aldehydes is 2. The standard InChI is InChI=1S/C44H30N4O2/c49-27-39-43(31-17-9-3-10-18-31)37-25-23-35(46-37)41(29-13-5-1-6-14-29)33-21-22-34(45-33)42(30-15-7-2-8-16-30)36-24-26-38(47-36)44(40(28-50)48-39)32-19-11-4-12-20-32/h1-28,45,48H. The van der Waals surface area contributed by atoms with Crippen molar-refractivity contribution < 1.29 is 9.59 Å². The van der Waals surface area contributed by atoms with E-state index in [0.717, 1.165) is 68.4 Å². The average Bonchev–Trinajstić information content (AvgIpc) is 3.96. The van der Waals surface area contributed by atoms with Crippen molar-refractivity contribution in [1.29, 1.82) is 0 Å². The Bertz CT molecular complexity index is 2320. The molecule has 8 rings (SSSR count). The molecule has 0 saturated carbocycles. The van der Waals surface area contributed by atoms with Crippen LogP contribution in [0.2, 0.25) is 0 Å². The molecule has 0 radical (unpaired) electrons. The van der Waals surface area contributed by atoms with Crippen LogP contribution >= 0.6 is 0 Å². The van der Waals surface area contributed by atoms with E-state index < -0.39 is 0 Å². The molecule has 4 aromatic carbocycles. The first kappa shape index (κ1) is 30.4. The maximum absolute atomic E-state index is 13.1. The SMILES string of the molecule is O=Cc1[nH]c(C=O)c(-c2ccccc2)c2nc(c(-c3ccccc3)c3ccc([nH]3)c(-c3ccccc3)c3nc(c1-c1ccccc1)C=C3)C=C2. The lowest BCUT2D eigenvalue weighted by atomic mass is 10.0. The van der Waals surface area contributed by atoms with Crippen molar-refractivity contribution >= 4 is 47.9 Å². The predicted octanol–water partition coefficient (Wildman–Crippen LogP) is 10.4. The van der Waals surface area contributed by atoms with Crippen LogP contribution in [-0.2, 0) is 0 Å². The fourth-order valence-electron chi connectivity index (χ4n) is 6.60. The van der Waals surface area contributed by atoms with Gasteiger partial charge in [0.2, 0.25) is 0 Å². The Morgan fingerprint density at radius 1 is 0.360 bits per heavy atom. The van der Waals surface area contributed by atoms with Crippen molar-refractivity contribution in [2.24, 2.45) is 0 Å². The third-order valence-electron chi connectivity index (χ3n) is 8.82. The number of hydrogen-bond acceptors (Lipinski definition) is 4. The number of benzene rings is 4. The van der Waals surface area contributed by atoms with Crippen LogP contribution in [-0.4, -0.2) is 32.5 Å². The minimum absolute atomic E-state index is 0.204. The molecule has 0 amide bonds. The number of rotatable bonds is 6. The van der Waals surface area contributed by atoms with Crippen LogP contribution in [0.25, 0.3) is 79.8 Å². The summed E-state index contributed by atoms with van der Waals surface area (Å²) in [5.74, 6) is 0. The van der Waals surface area contributed by atoms with Crippen LogP contribution < -0.4 is 0 Å². The molecule has 0 spiro atoms. The predicted molar refractivity (Wildman–Crippen MR) is 203 cm³/mol. The first-order chi connectivity index (χ1) is 24.7. The number of aromatic amines is 2. The van der Waals surface area contributed by atoms with Gasteiger partial charge in [-0.25, -0.2) is 9.97 Å². The number of carbonyl (C=O) groups is 2. The topological polar surface area (TPSA) is 91.5 Å². The monoisotopic (exact) mass is 646 g/mol. The lowest BCUT2D eigenvalue weighted by molar-refractivity contribution is 0.111. The molecule has 2 aromatic heterocycles. The molecule has 0 fully saturated rings. The molecule has 0 aliphatic carbocycles. The van der Waals surface area contributed by atoms with Gasteiger partial charge in [-0.1, -0.05) is 121 Å². The number of H-pyrrole nitrogens is 2. The van der Waals surface area contributed by atoms with Crippen LogP contribution in [0, 0.1) is 0 Å². The first-order valence-corrected chi connectivity index (χ1v) is 16.3. The summed E-state index contributed by atoms with van der Waals surface area (Å²) in [4.78, 5) is 43.5. The van der Waals surface area contributed by atoms with Gasteiger partial charge in [0.25, 0.3) is 0 Å². The van der Waals surface area contributed by atoms with Crippen LogP contribution in [0.3, 0.4) is 0 Å². The number of nitrogens with zero attached hydrogens (tertiary/aromatic N) is 2. The van der Waals surface area contributed by atoms with Gasteiger partial charge in [0.15, 0.2) is 12.6 Å². The van der Waals surface area contributed by atoms with E-state index in [4.69, 9.17) is 9.97 Å². The third kappa shape index (κ3) is 5.65. The molecular weight excluding hydrogens is 617 g/mol. The second-order valence-electron chi connectivity index (χ2n) is 11.9. The van der Waals surface area contributed by atoms with E-state index in [9.17, 15) is 9.59 Å². The molecule has 4 heterocycles. The molecule has 50 heavy (non-hydrogen) atoms. The highest BCUT2D eigenvalue weighted by Gasteiger charge is 2.19. The second-order valence-corrected chi connectivity index (χ2v) is 11.9. The van der Waals surface area contributed by atoms with Gasteiger partial charge in [-0.2, -0.15) is 0 Å². The van der Waals surface area contributed by atoms with Gasteiger partial charge < -0.3 is 9.97 Å². The Morgan fingerprint density at radius 3 is 0.980 bits per heavy atom. The number of aromatic nitrogens is 4. The molecule has 6 heteroatoms. The summed E-state index contributed by atoms with van der Waals surface area (Å²) in [7, 11) is 0. The van der Waals surface area contributed by atoms with Crippen molar-refractivity contribution in [3.05, 3.63) is 168 Å². The normalized spacial score (nSPS) is 11.6. The highest BCUT2D eigenvalue weighted by atomic mass is 16.1. The maximum atomic E-state index is 13.1. The maximum Gasteiger partial charge on any atom is 0.166 e. The Labute approximate surface area is 288 Å². The smallest absolute Gasteiger partial charge is 0.166 e. The Morgan fingerprint density at radius 2 is 0.660 bits per heavy atom. The summed E-state index contributed by atoms with van der Waals surface area (Å²) in [5, 5.41) is 0. The van der Waals surface area contributed by atoms with Gasteiger partial charge in [-0.05, 0) is 58.7 Å². The highest BCUT2D eigenvalue weighted by Crippen LogP contribution is 2.36. The fraction of sp³-hybridized carbons (Fsp3) is 0. The zero-order chi connectivity index (χ0) is 33.9. The van der Waals surface area contributed by atoms with Crippen molar-refractivity contribution in [2.75, 3.05) is 0 Å². The Hall–Kier alpha value is -6.92. The molecule has 0 atom stereocenters. The Balaban J connectivity index is 1.61. The van der Waals surface area contributed by atoms with Crippen LogP contribution in [0.5, 0.6) is 0 Å². The summed E-state index contributed by atoms with van der Waals surface area (Å²) in [5.41, 5.74) is 11.3. The Kier molecular flexibility index (Phi) is 8.09. The van der Waals surface area contributed by atoms with Crippen molar-refractivity contribution in [3.63, 3.8) is 0 Å². The number of nitrogens with one attached hydrogen (secondary N) is 2. The largest absolute Gasteiger partial charge is 0.354 e. The molecule has 2 N–H and O–H groups in total. The molecule has 6 aromatic rings. The van der Waals surface area contributed by atoms with Gasteiger partial charge >= 0.3 is 0 Å². The van der Waals surface area contributed by atoms with Crippen molar-refractivity contribution in [3.8, 4) is 44.5 Å². The fourth-order valence-corrected chi connectivity index (χ4v) is 6.60. The summed E-state index contributed by atoms with van der Waals surface area (Å²) in [6.45, 7) is 0. The average molecular weight is 647 g/mol. The molecule has 238 valence electrons. The lowest BCUT2D eigenvalue weighted by Gasteiger charge is -2.09.